The molecule has 0 spiro atoms. The first-order chi connectivity index (χ1) is 15.3. The Hall–Kier alpha value is -2.63. The molecule has 7 heteroatoms. The van der Waals surface area contributed by atoms with Gasteiger partial charge in [-0.3, -0.25) is 4.79 Å². The zero-order chi connectivity index (χ0) is 22.8. The van der Waals surface area contributed by atoms with Gasteiger partial charge in [-0.1, -0.05) is 67.4 Å². The Balaban J connectivity index is 1.57. The predicted octanol–water partition coefficient (Wildman–Crippen LogP) is 5.84. The van der Waals surface area contributed by atoms with Crippen LogP contribution in [0.5, 0.6) is 0 Å². The number of benzene rings is 2. The van der Waals surface area contributed by atoms with Crippen LogP contribution >= 0.6 is 23.2 Å². The van der Waals surface area contributed by atoms with Gasteiger partial charge in [0.25, 0.3) is 5.91 Å². The number of carbonyl (C=O) groups is 1. The molecule has 1 fully saturated rings. The van der Waals surface area contributed by atoms with Crippen LogP contribution in [0.4, 0.5) is 5.82 Å². The van der Waals surface area contributed by atoms with E-state index in [0.29, 0.717) is 47.7 Å². The number of hydrogen-bond donors (Lipinski definition) is 0. The molecular formula is C25H26Cl2N4O. The highest BCUT2D eigenvalue weighted by Crippen LogP contribution is 2.31. The zero-order valence-electron chi connectivity index (χ0n) is 18.5. The smallest absolute Gasteiger partial charge is 0.254 e. The second kappa shape index (κ2) is 9.47. The first-order valence-corrected chi connectivity index (χ1v) is 11.5. The second-order valence-corrected chi connectivity index (χ2v) is 9.11. The molecule has 0 unspecified atom stereocenters. The summed E-state index contributed by atoms with van der Waals surface area (Å²) in [6.45, 7) is 9.02. The molecule has 0 N–H and O–H groups in total. The van der Waals surface area contributed by atoms with Crippen LogP contribution in [0, 0.1) is 6.92 Å². The van der Waals surface area contributed by atoms with Crippen LogP contribution in [0.15, 0.2) is 48.5 Å². The van der Waals surface area contributed by atoms with Crippen molar-refractivity contribution in [2.45, 2.75) is 26.7 Å². The van der Waals surface area contributed by atoms with Crippen molar-refractivity contribution in [3.63, 3.8) is 0 Å². The fraction of sp³-hybridized carbons (Fsp3) is 0.320. The molecule has 4 rings (SSSR count). The quantitative estimate of drug-likeness (QED) is 0.482. The van der Waals surface area contributed by atoms with Crippen LogP contribution < -0.4 is 4.90 Å². The van der Waals surface area contributed by atoms with Gasteiger partial charge in [-0.25, -0.2) is 9.97 Å². The standard InChI is InChI=1S/C25H26Cl2N4O/c1-16(2)22-17(3)28-23(18-7-5-4-6-8-18)29-24(22)30-11-13-31(14-12-30)25(32)19-9-10-20(26)21(27)15-19/h4-10,15-16H,11-14H2,1-3H3. The maximum absolute atomic E-state index is 13.0. The molecule has 1 saturated heterocycles. The van der Waals surface area contributed by atoms with E-state index in [2.05, 4.69) is 25.7 Å². The molecule has 3 aromatic rings. The van der Waals surface area contributed by atoms with E-state index in [0.717, 1.165) is 28.5 Å². The average molecular weight is 469 g/mol. The number of aromatic nitrogens is 2. The first-order valence-electron chi connectivity index (χ1n) is 10.8. The van der Waals surface area contributed by atoms with E-state index in [1.165, 1.54) is 0 Å². The van der Waals surface area contributed by atoms with Crippen molar-refractivity contribution in [1.29, 1.82) is 0 Å². The van der Waals surface area contributed by atoms with Crippen molar-refractivity contribution in [1.82, 2.24) is 14.9 Å². The normalized spacial score (nSPS) is 14.2. The summed E-state index contributed by atoms with van der Waals surface area (Å²) < 4.78 is 0. The molecule has 0 saturated carbocycles. The Bertz CT molecular complexity index is 1130. The molecule has 0 bridgehead atoms. The van der Waals surface area contributed by atoms with Crippen LogP contribution in [-0.4, -0.2) is 47.0 Å². The third-order valence-electron chi connectivity index (χ3n) is 5.76. The van der Waals surface area contributed by atoms with Gasteiger partial charge in [0.05, 0.1) is 10.0 Å². The topological polar surface area (TPSA) is 49.3 Å². The Morgan fingerprint density at radius 2 is 1.62 bits per heavy atom. The number of hydrogen-bond acceptors (Lipinski definition) is 4. The van der Waals surface area contributed by atoms with Crippen LogP contribution in [0.1, 0.15) is 41.4 Å². The van der Waals surface area contributed by atoms with Crippen molar-refractivity contribution in [2.24, 2.45) is 0 Å². The third kappa shape index (κ3) is 4.59. The molecule has 0 atom stereocenters. The Morgan fingerprint density at radius 3 is 2.25 bits per heavy atom. The van der Waals surface area contributed by atoms with Gasteiger partial charge in [-0.2, -0.15) is 0 Å². The van der Waals surface area contributed by atoms with Crippen LogP contribution in [0.3, 0.4) is 0 Å². The number of halogens is 2. The molecule has 1 aromatic heterocycles. The number of anilines is 1. The molecule has 1 aliphatic heterocycles. The molecular weight excluding hydrogens is 443 g/mol. The Kier molecular flexibility index (Phi) is 6.68. The summed E-state index contributed by atoms with van der Waals surface area (Å²) in [5, 5.41) is 0.838. The summed E-state index contributed by atoms with van der Waals surface area (Å²) in [6.07, 6.45) is 0. The molecule has 0 aliphatic carbocycles. The fourth-order valence-electron chi connectivity index (χ4n) is 4.13. The lowest BCUT2D eigenvalue weighted by Gasteiger charge is -2.37. The van der Waals surface area contributed by atoms with Crippen molar-refractivity contribution >= 4 is 34.9 Å². The zero-order valence-corrected chi connectivity index (χ0v) is 20.0. The van der Waals surface area contributed by atoms with E-state index in [-0.39, 0.29) is 5.91 Å². The Labute approximate surface area is 199 Å². The highest BCUT2D eigenvalue weighted by Gasteiger charge is 2.27. The minimum atomic E-state index is -0.0313. The lowest BCUT2D eigenvalue weighted by molar-refractivity contribution is 0.0746. The Morgan fingerprint density at radius 1 is 0.938 bits per heavy atom. The molecule has 2 heterocycles. The number of aryl methyl sites for hydroxylation is 1. The molecule has 5 nitrogen and oxygen atoms in total. The van der Waals surface area contributed by atoms with Gasteiger partial charge in [-0.15, -0.1) is 0 Å². The highest BCUT2D eigenvalue weighted by molar-refractivity contribution is 6.42. The number of amides is 1. The van der Waals surface area contributed by atoms with Gasteiger partial charge < -0.3 is 9.80 Å². The van der Waals surface area contributed by atoms with Gasteiger partial charge in [0.1, 0.15) is 5.82 Å². The largest absolute Gasteiger partial charge is 0.353 e. The summed E-state index contributed by atoms with van der Waals surface area (Å²) in [6, 6.07) is 15.1. The lowest BCUT2D eigenvalue weighted by atomic mass is 10.0. The van der Waals surface area contributed by atoms with Gasteiger partial charge >= 0.3 is 0 Å². The van der Waals surface area contributed by atoms with E-state index in [1.54, 1.807) is 18.2 Å². The lowest BCUT2D eigenvalue weighted by Crippen LogP contribution is -2.49. The summed E-state index contributed by atoms with van der Waals surface area (Å²) in [7, 11) is 0. The molecule has 166 valence electrons. The van der Waals surface area contributed by atoms with Gasteiger partial charge in [0.15, 0.2) is 5.82 Å². The molecule has 2 aromatic carbocycles. The molecule has 32 heavy (non-hydrogen) atoms. The number of carbonyl (C=O) groups excluding carboxylic acids is 1. The SMILES string of the molecule is Cc1nc(-c2ccccc2)nc(N2CCN(C(=O)c3ccc(Cl)c(Cl)c3)CC2)c1C(C)C. The van der Waals surface area contributed by atoms with Gasteiger partial charge in [0, 0.05) is 48.6 Å². The minimum Gasteiger partial charge on any atom is -0.353 e. The summed E-state index contributed by atoms with van der Waals surface area (Å²) in [5.41, 5.74) is 3.72. The molecule has 1 amide bonds. The van der Waals surface area contributed by atoms with Crippen molar-refractivity contribution < 1.29 is 4.79 Å². The number of nitrogens with zero attached hydrogens (tertiary/aromatic N) is 4. The van der Waals surface area contributed by atoms with Crippen LogP contribution in [0.2, 0.25) is 10.0 Å². The maximum atomic E-state index is 13.0. The van der Waals surface area contributed by atoms with E-state index in [9.17, 15) is 4.79 Å². The average Bonchev–Trinajstić information content (AvgIpc) is 2.80. The van der Waals surface area contributed by atoms with Crippen LogP contribution in [-0.2, 0) is 0 Å². The summed E-state index contributed by atoms with van der Waals surface area (Å²) in [4.78, 5) is 26.9. The number of rotatable bonds is 4. The van der Waals surface area contributed by atoms with E-state index in [4.69, 9.17) is 33.2 Å². The van der Waals surface area contributed by atoms with Crippen molar-refractivity contribution in [3.8, 4) is 11.4 Å². The van der Waals surface area contributed by atoms with Crippen molar-refractivity contribution in [2.75, 3.05) is 31.1 Å². The van der Waals surface area contributed by atoms with E-state index < -0.39 is 0 Å². The second-order valence-electron chi connectivity index (χ2n) is 8.30. The van der Waals surface area contributed by atoms with Gasteiger partial charge in [0.2, 0.25) is 0 Å². The first kappa shape index (κ1) is 22.6. The highest BCUT2D eigenvalue weighted by atomic mass is 35.5. The maximum Gasteiger partial charge on any atom is 0.254 e. The number of piperazine rings is 1. The third-order valence-corrected chi connectivity index (χ3v) is 6.50. The van der Waals surface area contributed by atoms with E-state index >= 15 is 0 Å². The summed E-state index contributed by atoms with van der Waals surface area (Å²) >= 11 is 12.1. The fourth-order valence-corrected chi connectivity index (χ4v) is 4.43. The predicted molar refractivity (Wildman–Crippen MR) is 131 cm³/mol. The molecule has 1 aliphatic rings. The monoisotopic (exact) mass is 468 g/mol. The minimum absolute atomic E-state index is 0.0313. The van der Waals surface area contributed by atoms with Crippen LogP contribution in [0.25, 0.3) is 11.4 Å². The summed E-state index contributed by atoms with van der Waals surface area (Å²) in [5.74, 6) is 1.96. The van der Waals surface area contributed by atoms with Crippen molar-refractivity contribution in [3.05, 3.63) is 75.4 Å². The molecule has 0 radical (unpaired) electrons. The van der Waals surface area contributed by atoms with E-state index in [1.807, 2.05) is 35.2 Å². The van der Waals surface area contributed by atoms with Gasteiger partial charge in [-0.05, 0) is 31.0 Å².